The van der Waals surface area contributed by atoms with Gasteiger partial charge in [-0.1, -0.05) is 0 Å². The van der Waals surface area contributed by atoms with Gasteiger partial charge < -0.3 is 25.8 Å². The number of anilines is 2. The van der Waals surface area contributed by atoms with E-state index in [0.29, 0.717) is 11.3 Å². The van der Waals surface area contributed by atoms with Gasteiger partial charge in [0.1, 0.15) is 5.82 Å². The molecule has 2 aromatic rings. The van der Waals surface area contributed by atoms with E-state index in [-0.39, 0.29) is 36.0 Å². The van der Waals surface area contributed by atoms with Crippen LogP contribution < -0.4 is 20.7 Å². The van der Waals surface area contributed by atoms with E-state index in [9.17, 15) is 26.7 Å². The van der Waals surface area contributed by atoms with Crippen LogP contribution in [0.1, 0.15) is 18.4 Å². The molecule has 0 spiro atoms. The van der Waals surface area contributed by atoms with E-state index in [0.717, 1.165) is 19.4 Å². The Kier molecular flexibility index (Phi) is 8.91. The molecule has 1 unspecified atom stereocenters. The highest BCUT2D eigenvalue weighted by Crippen LogP contribution is 2.25. The number of amides is 1. The molecule has 1 atom stereocenters. The van der Waals surface area contributed by atoms with Crippen LogP contribution in [0.3, 0.4) is 0 Å². The third kappa shape index (κ3) is 7.86. The molecule has 0 aliphatic carbocycles. The van der Waals surface area contributed by atoms with Crippen molar-refractivity contribution < 1.29 is 41.4 Å². The zero-order valence-corrected chi connectivity index (χ0v) is 17.3. The molecule has 1 saturated heterocycles. The summed E-state index contributed by atoms with van der Waals surface area (Å²) in [6.45, 7) is 0.933. The van der Waals surface area contributed by atoms with Crippen molar-refractivity contribution in [2.45, 2.75) is 31.6 Å². The number of nitrogens with zero attached hydrogens (tertiary/aromatic N) is 1. The maximum Gasteiger partial charge on any atom is 0.490 e. The van der Waals surface area contributed by atoms with Crippen LogP contribution >= 0.6 is 0 Å². The molecule has 1 aromatic heterocycles. The molecule has 13 heteroatoms. The molecule has 1 fully saturated rings. The summed E-state index contributed by atoms with van der Waals surface area (Å²) in [7, 11) is 1.42. The quantitative estimate of drug-likeness (QED) is 0.474. The van der Waals surface area contributed by atoms with Crippen molar-refractivity contribution in [1.29, 1.82) is 0 Å². The number of hydrogen-bond acceptors (Lipinski definition) is 6. The molecule has 8 nitrogen and oxygen atoms in total. The van der Waals surface area contributed by atoms with Gasteiger partial charge in [0.05, 0.1) is 13.2 Å². The molecule has 1 aromatic carbocycles. The highest BCUT2D eigenvalue weighted by Gasteiger charge is 2.38. The Labute approximate surface area is 185 Å². The molecule has 3 rings (SSSR count). The molecule has 1 aliphatic heterocycles. The monoisotopic (exact) mass is 476 g/mol. The molecule has 1 aliphatic rings. The van der Waals surface area contributed by atoms with E-state index < -0.39 is 18.0 Å². The molecule has 0 bridgehead atoms. The average molecular weight is 476 g/mol. The van der Waals surface area contributed by atoms with E-state index in [1.807, 2.05) is 0 Å². The summed E-state index contributed by atoms with van der Waals surface area (Å²) in [5, 5.41) is 15.8. The lowest BCUT2D eigenvalue weighted by molar-refractivity contribution is -0.192. The lowest BCUT2D eigenvalue weighted by Gasteiger charge is -2.14. The van der Waals surface area contributed by atoms with Crippen LogP contribution in [0.15, 0.2) is 30.3 Å². The van der Waals surface area contributed by atoms with Crippen molar-refractivity contribution in [1.82, 2.24) is 15.6 Å². The number of aromatic nitrogens is 1. The third-order valence-corrected chi connectivity index (χ3v) is 4.39. The topological polar surface area (TPSA) is 113 Å². The second kappa shape index (κ2) is 11.4. The normalized spacial score (nSPS) is 15.3. The van der Waals surface area contributed by atoms with Crippen LogP contribution in [0.25, 0.3) is 0 Å². The molecule has 2 heterocycles. The zero-order chi connectivity index (χ0) is 24.6. The van der Waals surface area contributed by atoms with Gasteiger partial charge in [-0.05, 0) is 49.7 Å². The average Bonchev–Trinajstić information content (AvgIpc) is 3.30. The third-order valence-electron chi connectivity index (χ3n) is 4.39. The van der Waals surface area contributed by atoms with Crippen LogP contribution in [0.5, 0.6) is 5.88 Å². The second-order valence-corrected chi connectivity index (χ2v) is 6.79. The summed E-state index contributed by atoms with van der Waals surface area (Å²) < 4.78 is 64.3. The van der Waals surface area contributed by atoms with Gasteiger partial charge >= 0.3 is 12.1 Å². The second-order valence-electron chi connectivity index (χ2n) is 6.79. The smallest absolute Gasteiger partial charge is 0.481 e. The number of carboxylic acid groups (broad SMARTS) is 1. The molecular formula is C20H21F5N4O4. The number of alkyl halides is 3. The summed E-state index contributed by atoms with van der Waals surface area (Å²) in [6.07, 6.45) is -3.34. The van der Waals surface area contributed by atoms with Crippen LogP contribution in [0.2, 0.25) is 0 Å². The van der Waals surface area contributed by atoms with Gasteiger partial charge in [-0.15, -0.1) is 0 Å². The van der Waals surface area contributed by atoms with Crippen LogP contribution in [-0.2, 0) is 16.1 Å². The number of rotatable bonds is 6. The number of methoxy groups -OCH3 is 1. The van der Waals surface area contributed by atoms with Crippen molar-refractivity contribution in [3.05, 3.63) is 47.5 Å². The van der Waals surface area contributed by atoms with Crippen molar-refractivity contribution in [2.24, 2.45) is 0 Å². The minimum Gasteiger partial charge on any atom is -0.481 e. The Hall–Kier alpha value is -3.48. The number of carbonyl (C=O) groups excluding carboxylic acids is 1. The number of nitrogens with one attached hydrogen (secondary N) is 3. The summed E-state index contributed by atoms with van der Waals surface area (Å²) in [4.78, 5) is 25.1. The lowest BCUT2D eigenvalue weighted by Crippen LogP contribution is -2.40. The number of ether oxygens (including phenoxy) is 1. The van der Waals surface area contributed by atoms with Gasteiger partial charge in [0, 0.05) is 17.8 Å². The van der Waals surface area contributed by atoms with E-state index >= 15 is 0 Å². The van der Waals surface area contributed by atoms with Crippen LogP contribution in [0.4, 0.5) is 33.5 Å². The fourth-order valence-corrected chi connectivity index (χ4v) is 2.78. The largest absolute Gasteiger partial charge is 0.490 e. The first-order valence-corrected chi connectivity index (χ1v) is 9.58. The molecule has 33 heavy (non-hydrogen) atoms. The van der Waals surface area contributed by atoms with Crippen molar-refractivity contribution in [3.8, 4) is 5.88 Å². The van der Waals surface area contributed by atoms with Crippen molar-refractivity contribution in [2.75, 3.05) is 19.0 Å². The number of pyridine rings is 1. The predicted molar refractivity (Wildman–Crippen MR) is 107 cm³/mol. The van der Waals surface area contributed by atoms with Crippen LogP contribution in [-0.4, -0.2) is 47.8 Å². The van der Waals surface area contributed by atoms with Gasteiger partial charge in [-0.3, -0.25) is 4.79 Å². The molecule has 0 saturated carbocycles. The first kappa shape index (κ1) is 25.8. The van der Waals surface area contributed by atoms with Crippen molar-refractivity contribution >= 4 is 23.4 Å². The maximum absolute atomic E-state index is 14.4. The summed E-state index contributed by atoms with van der Waals surface area (Å²) >= 11 is 0. The van der Waals surface area contributed by atoms with Gasteiger partial charge in [0.2, 0.25) is 11.8 Å². The van der Waals surface area contributed by atoms with Crippen LogP contribution in [0, 0.1) is 11.6 Å². The highest BCUT2D eigenvalue weighted by atomic mass is 19.4. The van der Waals surface area contributed by atoms with E-state index in [1.54, 1.807) is 0 Å². The van der Waals surface area contributed by atoms with Crippen molar-refractivity contribution in [3.63, 3.8) is 0 Å². The van der Waals surface area contributed by atoms with E-state index in [2.05, 4.69) is 20.9 Å². The number of hydrogen-bond donors (Lipinski definition) is 4. The Balaban J connectivity index is 0.000000479. The Morgan fingerprint density at radius 3 is 2.39 bits per heavy atom. The minimum atomic E-state index is -5.08. The minimum absolute atomic E-state index is 0.0407. The maximum atomic E-state index is 14.4. The Morgan fingerprint density at radius 1 is 1.24 bits per heavy atom. The summed E-state index contributed by atoms with van der Waals surface area (Å²) in [5.41, 5.74) is 0.925. The van der Waals surface area contributed by atoms with E-state index in [4.69, 9.17) is 14.6 Å². The number of aliphatic carboxylic acids is 1. The molecular weight excluding hydrogens is 455 g/mol. The SMILES string of the molecule is COc1nc(Nc2ccc(F)cc2)c(F)cc1CNC(=O)C1CCCN1.O=C(O)C(F)(F)F. The highest BCUT2D eigenvalue weighted by molar-refractivity contribution is 5.82. The van der Waals surface area contributed by atoms with Gasteiger partial charge in [-0.25, -0.2) is 13.6 Å². The Morgan fingerprint density at radius 2 is 1.88 bits per heavy atom. The first-order valence-electron chi connectivity index (χ1n) is 9.58. The number of benzene rings is 1. The predicted octanol–water partition coefficient (Wildman–Crippen LogP) is 3.11. The van der Waals surface area contributed by atoms with Gasteiger partial charge in [0.25, 0.3) is 0 Å². The first-order chi connectivity index (χ1) is 15.5. The number of carboxylic acids is 1. The van der Waals surface area contributed by atoms with Gasteiger partial charge in [0.15, 0.2) is 11.6 Å². The fourth-order valence-electron chi connectivity index (χ4n) is 2.78. The Bertz CT molecular complexity index is 964. The fraction of sp³-hybridized carbons (Fsp3) is 0.350. The van der Waals surface area contributed by atoms with E-state index in [1.165, 1.54) is 37.4 Å². The standard InChI is InChI=1S/C18H20F2N4O2.C2HF3O2/c1-26-18-11(10-22-17(25)15-3-2-8-21-15)9-14(20)16(24-18)23-13-6-4-12(19)5-7-13;3-2(4,5)1(6)7/h4-7,9,15,21H,2-3,8,10H2,1H3,(H,22,25)(H,23,24);(H,6,7). The summed E-state index contributed by atoms with van der Waals surface area (Å²) in [6, 6.07) is 6.53. The summed E-state index contributed by atoms with van der Waals surface area (Å²) in [5.74, 6) is -3.70. The molecule has 4 N–H and O–H groups in total. The van der Waals surface area contributed by atoms with Gasteiger partial charge in [-0.2, -0.15) is 18.2 Å². The number of carbonyl (C=O) groups is 2. The molecule has 180 valence electrons. The lowest BCUT2D eigenvalue weighted by atomic mass is 10.2. The zero-order valence-electron chi connectivity index (χ0n) is 17.3. The molecule has 0 radical (unpaired) electrons. The number of halogens is 5. The molecule has 1 amide bonds.